The van der Waals surface area contributed by atoms with Crippen LogP contribution in [0.5, 0.6) is 0 Å². The first kappa shape index (κ1) is 8.45. The largest absolute Gasteiger partial charge is 0.372 e. The molecule has 0 aromatic heterocycles. The number of amides is 1. The van der Waals surface area contributed by atoms with E-state index in [1.165, 1.54) is 4.90 Å². The fourth-order valence-corrected chi connectivity index (χ4v) is 1.06. The Morgan fingerprint density at radius 2 is 2.45 bits per heavy atom. The summed E-state index contributed by atoms with van der Waals surface area (Å²) in [7, 11) is 0. The summed E-state index contributed by atoms with van der Waals surface area (Å²) in [5, 5.41) is 22.1. The zero-order chi connectivity index (χ0) is 8.27. The van der Waals surface area contributed by atoms with Gasteiger partial charge in [0.05, 0.1) is 13.2 Å². The van der Waals surface area contributed by atoms with Gasteiger partial charge < -0.3 is 15.3 Å². The molecule has 0 aromatic rings. The molecule has 1 heterocycles. The van der Waals surface area contributed by atoms with Crippen molar-refractivity contribution >= 4 is 5.91 Å². The number of aliphatic hydroxyl groups excluding tert-OH is 1. The van der Waals surface area contributed by atoms with Crippen molar-refractivity contribution in [3.63, 3.8) is 0 Å². The third kappa shape index (κ3) is 1.89. The lowest BCUT2D eigenvalue weighted by Crippen LogP contribution is -2.55. The van der Waals surface area contributed by atoms with Gasteiger partial charge in [0.1, 0.15) is 6.23 Å². The smallest absolute Gasteiger partial charge is 0.238 e. The molecule has 0 bridgehead atoms. The Balaban J connectivity index is 2.48. The van der Waals surface area contributed by atoms with Crippen molar-refractivity contribution in [2.45, 2.75) is 6.23 Å². The average molecular weight is 159 g/mol. The summed E-state index contributed by atoms with van der Waals surface area (Å²) in [6.45, 7) is 0.313. The summed E-state index contributed by atoms with van der Waals surface area (Å²) in [5.41, 5.74) is 0. The van der Waals surface area contributed by atoms with E-state index in [0.29, 0.717) is 6.54 Å². The molecule has 11 heavy (non-hydrogen) atoms. The van der Waals surface area contributed by atoms with E-state index in [4.69, 9.17) is 0 Å². The fraction of sp³-hybridized carbons (Fsp3) is 0.833. The van der Waals surface area contributed by atoms with Crippen LogP contribution in [-0.2, 0) is 9.90 Å². The number of nitrogens with one attached hydrogen (secondary N) is 1. The fourth-order valence-electron chi connectivity index (χ4n) is 1.06. The lowest BCUT2D eigenvalue weighted by atomic mass is 10.3. The number of β-amino-alcohol motifs (C(OH)–C–C–N with tert-alkyl or cyclic N) is 1. The van der Waals surface area contributed by atoms with Crippen LogP contribution in [0.3, 0.4) is 0 Å². The molecule has 0 aliphatic carbocycles. The summed E-state index contributed by atoms with van der Waals surface area (Å²) in [5.74, 6) is -0.209. The second-order valence-corrected chi connectivity index (χ2v) is 2.40. The highest BCUT2D eigenvalue weighted by Gasteiger charge is 2.24. The minimum atomic E-state index is -0.829. The Morgan fingerprint density at radius 1 is 1.73 bits per heavy atom. The zero-order valence-corrected chi connectivity index (χ0v) is 6.12. The van der Waals surface area contributed by atoms with Crippen LogP contribution < -0.4 is 5.32 Å². The first-order valence-electron chi connectivity index (χ1n) is 3.52. The van der Waals surface area contributed by atoms with Crippen LogP contribution in [0.25, 0.3) is 0 Å². The van der Waals surface area contributed by atoms with Crippen molar-refractivity contribution in [2.24, 2.45) is 0 Å². The molecule has 0 aromatic carbocycles. The van der Waals surface area contributed by atoms with Crippen LogP contribution in [-0.4, -0.2) is 48.4 Å². The van der Waals surface area contributed by atoms with Crippen LogP contribution in [0.2, 0.25) is 0 Å². The van der Waals surface area contributed by atoms with Crippen molar-refractivity contribution < 1.29 is 15.0 Å². The van der Waals surface area contributed by atoms with Gasteiger partial charge in [-0.3, -0.25) is 4.79 Å². The quantitative estimate of drug-likeness (QED) is 0.497. The molecule has 5 heteroatoms. The molecule has 1 saturated heterocycles. The van der Waals surface area contributed by atoms with E-state index in [2.05, 4.69) is 5.32 Å². The van der Waals surface area contributed by atoms with E-state index in [1.54, 1.807) is 0 Å². The maximum Gasteiger partial charge on any atom is 0.238 e. The first-order chi connectivity index (χ1) is 5.25. The van der Waals surface area contributed by atoms with Gasteiger partial charge in [-0.05, 0) is 0 Å². The van der Waals surface area contributed by atoms with Gasteiger partial charge in [-0.2, -0.15) is 0 Å². The number of carbonyl (C=O) groups excluding carboxylic acids is 1. The van der Waals surface area contributed by atoms with Crippen LogP contribution in [0, 0.1) is 0 Å². The van der Waals surface area contributed by atoms with Gasteiger partial charge in [0.15, 0.2) is 0 Å². The minimum Gasteiger partial charge on any atom is -0.372 e. The standard InChI is InChI=1S/C6H11N2O3/c9-2-1-8-5(10)3-7-4-6(8)11/h5,7,10H,1-4H2. The Bertz CT molecular complexity index is 151. The topological polar surface area (TPSA) is 72.5 Å². The van der Waals surface area contributed by atoms with Crippen molar-refractivity contribution in [3.05, 3.63) is 0 Å². The number of carbonyl (C=O) groups is 1. The Labute approximate surface area is 64.6 Å². The maximum absolute atomic E-state index is 11.0. The molecule has 0 spiro atoms. The number of hydrogen-bond donors (Lipinski definition) is 2. The number of rotatable bonds is 2. The van der Waals surface area contributed by atoms with Gasteiger partial charge >= 0.3 is 0 Å². The molecule has 1 rings (SSSR count). The predicted molar refractivity (Wildman–Crippen MR) is 36.1 cm³/mol. The Hall–Kier alpha value is -0.650. The lowest BCUT2D eigenvalue weighted by Gasteiger charge is -2.31. The van der Waals surface area contributed by atoms with E-state index in [-0.39, 0.29) is 25.6 Å². The normalized spacial score (nSPS) is 25.8. The summed E-state index contributed by atoms with van der Waals surface area (Å²) in [6, 6.07) is 0. The van der Waals surface area contributed by atoms with Gasteiger partial charge in [0, 0.05) is 13.1 Å². The van der Waals surface area contributed by atoms with E-state index < -0.39 is 6.23 Å². The number of hydrogen-bond acceptors (Lipinski definition) is 3. The van der Waals surface area contributed by atoms with Crippen molar-refractivity contribution in [2.75, 3.05) is 26.2 Å². The third-order valence-corrected chi connectivity index (χ3v) is 1.62. The van der Waals surface area contributed by atoms with E-state index in [0.717, 1.165) is 0 Å². The second kappa shape index (κ2) is 3.66. The van der Waals surface area contributed by atoms with E-state index in [1.807, 2.05) is 0 Å². The molecule has 1 aliphatic rings. The maximum atomic E-state index is 11.0. The van der Waals surface area contributed by atoms with Gasteiger partial charge in [-0.1, -0.05) is 0 Å². The van der Waals surface area contributed by atoms with Gasteiger partial charge in [0.25, 0.3) is 0 Å². The molecule has 63 valence electrons. The summed E-state index contributed by atoms with van der Waals surface area (Å²) in [6.07, 6.45) is -0.829. The van der Waals surface area contributed by atoms with Crippen molar-refractivity contribution in [1.29, 1.82) is 0 Å². The monoisotopic (exact) mass is 159 g/mol. The SMILES string of the molecule is [O]CCN1C(=O)CNCC1O. The number of nitrogens with zero attached hydrogens (tertiary/aromatic N) is 1. The van der Waals surface area contributed by atoms with E-state index in [9.17, 15) is 15.0 Å². The molecule has 0 saturated carbocycles. The zero-order valence-electron chi connectivity index (χ0n) is 6.12. The molecule has 5 nitrogen and oxygen atoms in total. The molecule has 1 radical (unpaired) electrons. The predicted octanol–water partition coefficient (Wildman–Crippen LogP) is -1.83. The summed E-state index contributed by atoms with van der Waals surface area (Å²) >= 11 is 0. The highest BCUT2D eigenvalue weighted by molar-refractivity contribution is 5.79. The molecular formula is C6H11N2O3. The van der Waals surface area contributed by atoms with Gasteiger partial charge in [0.2, 0.25) is 5.91 Å². The Morgan fingerprint density at radius 3 is 3.00 bits per heavy atom. The highest BCUT2D eigenvalue weighted by Crippen LogP contribution is 1.99. The average Bonchev–Trinajstić information content (AvgIpc) is 1.97. The van der Waals surface area contributed by atoms with E-state index >= 15 is 0 Å². The van der Waals surface area contributed by atoms with Crippen LogP contribution in [0.4, 0.5) is 0 Å². The third-order valence-electron chi connectivity index (χ3n) is 1.62. The molecule has 1 fully saturated rings. The summed E-state index contributed by atoms with van der Waals surface area (Å²) < 4.78 is 0. The van der Waals surface area contributed by atoms with Crippen molar-refractivity contribution in [1.82, 2.24) is 10.2 Å². The molecule has 1 aliphatic heterocycles. The molecule has 1 amide bonds. The highest BCUT2D eigenvalue weighted by atomic mass is 16.3. The molecule has 1 unspecified atom stereocenters. The molecule has 1 atom stereocenters. The first-order valence-corrected chi connectivity index (χ1v) is 3.52. The van der Waals surface area contributed by atoms with Crippen LogP contribution >= 0.6 is 0 Å². The summed E-state index contributed by atoms with van der Waals surface area (Å²) in [4.78, 5) is 12.2. The van der Waals surface area contributed by atoms with Crippen molar-refractivity contribution in [3.8, 4) is 0 Å². The van der Waals surface area contributed by atoms with Gasteiger partial charge in [-0.15, -0.1) is 0 Å². The van der Waals surface area contributed by atoms with Crippen LogP contribution in [0.15, 0.2) is 0 Å². The Kier molecular flexibility index (Phi) is 2.81. The van der Waals surface area contributed by atoms with Crippen LogP contribution in [0.1, 0.15) is 0 Å². The van der Waals surface area contributed by atoms with Gasteiger partial charge in [-0.25, -0.2) is 5.11 Å². The molecule has 2 N–H and O–H groups in total. The number of piperazine rings is 1. The number of aliphatic hydroxyl groups is 1. The molecular weight excluding hydrogens is 148 g/mol. The minimum absolute atomic E-state index is 0.0989. The lowest BCUT2D eigenvalue weighted by molar-refractivity contribution is -0.145. The second-order valence-electron chi connectivity index (χ2n) is 2.40.